The normalized spacial score (nSPS) is 13.2. The standard InChI is InChI=1S/C29H31N3O2/c1-20(2)33-28(22-12-6-5-7-13-22)26-17-10-15-23(31-26)24-16-11-18-27(32-24)29(34-21(3)4)25-14-8-9-19-30-25/h5-21,28-29H,1-4H3. The molecule has 2 atom stereocenters. The molecule has 0 aliphatic carbocycles. The Morgan fingerprint density at radius 1 is 0.529 bits per heavy atom. The lowest BCUT2D eigenvalue weighted by molar-refractivity contribution is 0.0257. The molecule has 0 spiro atoms. The molecule has 0 aliphatic heterocycles. The predicted octanol–water partition coefficient (Wildman–Crippen LogP) is 6.57. The molecule has 3 heterocycles. The molecule has 0 saturated heterocycles. The minimum Gasteiger partial charge on any atom is -0.365 e. The van der Waals surface area contributed by atoms with Crippen LogP contribution in [0.2, 0.25) is 0 Å². The number of ether oxygens (including phenoxy) is 2. The van der Waals surface area contributed by atoms with Crippen LogP contribution in [0.4, 0.5) is 0 Å². The number of aromatic nitrogens is 3. The zero-order valence-electron chi connectivity index (χ0n) is 20.1. The van der Waals surface area contributed by atoms with E-state index in [0.29, 0.717) is 0 Å². The van der Waals surface area contributed by atoms with Gasteiger partial charge in [-0.25, -0.2) is 9.97 Å². The molecule has 0 N–H and O–H groups in total. The summed E-state index contributed by atoms with van der Waals surface area (Å²) >= 11 is 0. The number of hydrogen-bond donors (Lipinski definition) is 0. The van der Waals surface area contributed by atoms with E-state index < -0.39 is 0 Å². The van der Waals surface area contributed by atoms with E-state index in [1.54, 1.807) is 6.20 Å². The molecule has 174 valence electrons. The fourth-order valence-corrected chi connectivity index (χ4v) is 3.79. The van der Waals surface area contributed by atoms with E-state index in [2.05, 4.69) is 17.1 Å². The Kier molecular flexibility index (Phi) is 7.78. The molecule has 0 saturated carbocycles. The second-order valence-electron chi connectivity index (χ2n) is 8.69. The van der Waals surface area contributed by atoms with Crippen LogP contribution in [0.25, 0.3) is 11.4 Å². The molecule has 0 amide bonds. The highest BCUT2D eigenvalue weighted by atomic mass is 16.5. The Bertz CT molecular complexity index is 1090. The smallest absolute Gasteiger partial charge is 0.142 e. The predicted molar refractivity (Wildman–Crippen MR) is 134 cm³/mol. The summed E-state index contributed by atoms with van der Waals surface area (Å²) in [6.07, 6.45) is 1.25. The van der Waals surface area contributed by atoms with Gasteiger partial charge in [-0.3, -0.25) is 4.98 Å². The van der Waals surface area contributed by atoms with Gasteiger partial charge in [0, 0.05) is 6.20 Å². The molecule has 0 radical (unpaired) electrons. The molecule has 4 aromatic rings. The zero-order chi connectivity index (χ0) is 23.9. The molecule has 4 rings (SSSR count). The molecule has 3 aromatic heterocycles. The van der Waals surface area contributed by atoms with Gasteiger partial charge in [-0.1, -0.05) is 48.5 Å². The van der Waals surface area contributed by atoms with Gasteiger partial charge in [-0.15, -0.1) is 0 Å². The van der Waals surface area contributed by atoms with E-state index in [-0.39, 0.29) is 24.4 Å². The average molecular weight is 454 g/mol. The summed E-state index contributed by atoms with van der Waals surface area (Å²) in [7, 11) is 0. The first kappa shape index (κ1) is 23.7. The summed E-state index contributed by atoms with van der Waals surface area (Å²) < 4.78 is 12.5. The summed E-state index contributed by atoms with van der Waals surface area (Å²) in [5.74, 6) is 0. The van der Waals surface area contributed by atoms with E-state index in [4.69, 9.17) is 19.4 Å². The van der Waals surface area contributed by atoms with E-state index in [1.165, 1.54) is 0 Å². The van der Waals surface area contributed by atoms with Crippen LogP contribution < -0.4 is 0 Å². The molecule has 0 fully saturated rings. The fraction of sp³-hybridized carbons (Fsp3) is 0.276. The van der Waals surface area contributed by atoms with Crippen molar-refractivity contribution in [3.63, 3.8) is 0 Å². The maximum atomic E-state index is 6.27. The van der Waals surface area contributed by atoms with Crippen LogP contribution in [0, 0.1) is 0 Å². The minimum absolute atomic E-state index is 0.0266. The van der Waals surface area contributed by atoms with Crippen LogP contribution in [0.3, 0.4) is 0 Å². The monoisotopic (exact) mass is 453 g/mol. The van der Waals surface area contributed by atoms with Gasteiger partial charge < -0.3 is 9.47 Å². The highest BCUT2D eigenvalue weighted by Gasteiger charge is 2.21. The fourth-order valence-electron chi connectivity index (χ4n) is 3.79. The van der Waals surface area contributed by atoms with Gasteiger partial charge in [0.2, 0.25) is 0 Å². The Morgan fingerprint density at radius 3 is 1.62 bits per heavy atom. The van der Waals surface area contributed by atoms with Gasteiger partial charge in [0.25, 0.3) is 0 Å². The zero-order valence-corrected chi connectivity index (χ0v) is 20.1. The Balaban J connectivity index is 1.71. The lowest BCUT2D eigenvalue weighted by atomic mass is 10.0. The molecule has 2 unspecified atom stereocenters. The summed E-state index contributed by atoms with van der Waals surface area (Å²) in [6.45, 7) is 8.11. The Labute approximate surface area is 201 Å². The van der Waals surface area contributed by atoms with E-state index >= 15 is 0 Å². The Morgan fingerprint density at radius 2 is 1.06 bits per heavy atom. The number of benzene rings is 1. The summed E-state index contributed by atoms with van der Waals surface area (Å²) in [5, 5.41) is 0. The molecule has 5 heteroatoms. The molecule has 0 aliphatic rings. The highest BCUT2D eigenvalue weighted by Crippen LogP contribution is 2.29. The van der Waals surface area contributed by atoms with Crippen molar-refractivity contribution in [2.45, 2.75) is 52.1 Å². The number of pyridine rings is 3. The van der Waals surface area contributed by atoms with Crippen molar-refractivity contribution in [2.24, 2.45) is 0 Å². The van der Waals surface area contributed by atoms with Crippen LogP contribution in [0.15, 0.2) is 91.1 Å². The number of hydrogen-bond acceptors (Lipinski definition) is 5. The maximum absolute atomic E-state index is 6.27. The first-order chi connectivity index (χ1) is 16.5. The molecule has 1 aromatic carbocycles. The van der Waals surface area contributed by atoms with Gasteiger partial charge >= 0.3 is 0 Å². The molecule has 0 bridgehead atoms. The molecule has 34 heavy (non-hydrogen) atoms. The maximum Gasteiger partial charge on any atom is 0.142 e. The van der Waals surface area contributed by atoms with Crippen molar-refractivity contribution < 1.29 is 9.47 Å². The van der Waals surface area contributed by atoms with Crippen molar-refractivity contribution in [3.05, 3.63) is 114 Å². The third kappa shape index (κ3) is 5.93. The third-order valence-corrected chi connectivity index (χ3v) is 5.22. The number of nitrogens with zero attached hydrogens (tertiary/aromatic N) is 3. The highest BCUT2D eigenvalue weighted by molar-refractivity contribution is 5.55. The second kappa shape index (κ2) is 11.1. The van der Waals surface area contributed by atoms with E-state index in [9.17, 15) is 0 Å². The first-order valence-electron chi connectivity index (χ1n) is 11.7. The van der Waals surface area contributed by atoms with Crippen molar-refractivity contribution in [3.8, 4) is 11.4 Å². The van der Waals surface area contributed by atoms with Gasteiger partial charge in [0.15, 0.2) is 0 Å². The van der Waals surface area contributed by atoms with Crippen molar-refractivity contribution in [1.82, 2.24) is 15.0 Å². The second-order valence-corrected chi connectivity index (χ2v) is 8.69. The van der Waals surface area contributed by atoms with Gasteiger partial charge in [-0.2, -0.15) is 0 Å². The van der Waals surface area contributed by atoms with E-state index in [1.807, 2.05) is 100 Å². The van der Waals surface area contributed by atoms with Crippen LogP contribution in [0.5, 0.6) is 0 Å². The van der Waals surface area contributed by atoms with Gasteiger partial charge in [0.05, 0.1) is 40.7 Å². The average Bonchev–Trinajstić information content (AvgIpc) is 2.87. The lowest BCUT2D eigenvalue weighted by Gasteiger charge is -2.21. The number of rotatable bonds is 9. The topological polar surface area (TPSA) is 57.1 Å². The van der Waals surface area contributed by atoms with E-state index in [0.717, 1.165) is 34.0 Å². The third-order valence-electron chi connectivity index (χ3n) is 5.22. The summed E-state index contributed by atoms with van der Waals surface area (Å²) in [5.41, 5.74) is 5.13. The lowest BCUT2D eigenvalue weighted by Crippen LogP contribution is -2.15. The molecular formula is C29H31N3O2. The van der Waals surface area contributed by atoms with Crippen LogP contribution in [-0.4, -0.2) is 27.2 Å². The largest absolute Gasteiger partial charge is 0.365 e. The van der Waals surface area contributed by atoms with Crippen molar-refractivity contribution in [1.29, 1.82) is 0 Å². The van der Waals surface area contributed by atoms with Crippen LogP contribution in [0.1, 0.15) is 62.5 Å². The Hall–Kier alpha value is -3.41. The van der Waals surface area contributed by atoms with Crippen molar-refractivity contribution in [2.75, 3.05) is 0 Å². The first-order valence-corrected chi connectivity index (χ1v) is 11.7. The van der Waals surface area contributed by atoms with Crippen LogP contribution in [-0.2, 0) is 9.47 Å². The molecule has 5 nitrogen and oxygen atoms in total. The minimum atomic E-state index is -0.356. The summed E-state index contributed by atoms with van der Waals surface area (Å²) in [6, 6.07) is 28.0. The van der Waals surface area contributed by atoms with Crippen molar-refractivity contribution >= 4 is 0 Å². The van der Waals surface area contributed by atoms with Gasteiger partial charge in [0.1, 0.15) is 12.2 Å². The summed E-state index contributed by atoms with van der Waals surface area (Å²) in [4.78, 5) is 14.4. The van der Waals surface area contributed by atoms with Crippen LogP contribution >= 0.6 is 0 Å². The SMILES string of the molecule is CC(C)OC(c1ccccc1)c1cccc(-c2cccc(C(OC(C)C)c3ccccn3)n2)n1. The van der Waals surface area contributed by atoms with Gasteiger partial charge in [-0.05, 0) is 69.7 Å². The molecular weight excluding hydrogens is 422 g/mol. The quantitative estimate of drug-likeness (QED) is 0.287.